The number of hydrogen-bond donors (Lipinski definition) is 3. The maximum Gasteiger partial charge on any atom is 0.410 e. The van der Waals surface area contributed by atoms with Gasteiger partial charge in [-0.2, -0.15) is 12.7 Å². The summed E-state index contributed by atoms with van der Waals surface area (Å²) < 4.78 is 55.0. The van der Waals surface area contributed by atoms with Crippen LogP contribution in [-0.2, 0) is 47.2 Å². The van der Waals surface area contributed by atoms with E-state index < -0.39 is 75.6 Å². The van der Waals surface area contributed by atoms with Crippen LogP contribution in [-0.4, -0.2) is 102 Å². The summed E-state index contributed by atoms with van der Waals surface area (Å²) in [5, 5.41) is 5.53. The molecule has 17 heteroatoms. The SMILES string of the molecule is O=C(N[C@H]1CCCCCC=C[C@@H]2C[C@@]2(C(=O)NS(=O)(=O)N2CCC2)NC(=O)[C@@H]2C[C@@H](OC(=O)N3Cc4cccc(F)c4C3)CN2C1=O)OC1CCCC1. The van der Waals surface area contributed by atoms with E-state index in [1.807, 2.05) is 12.2 Å². The number of carbonyl (C=O) groups is 5. The Bertz CT molecular complexity index is 1770. The lowest BCUT2D eigenvalue weighted by molar-refractivity contribution is -0.141. The molecule has 5 amide bonds. The monoisotopic (exact) mass is 758 g/mol. The van der Waals surface area contributed by atoms with E-state index in [0.717, 1.165) is 42.8 Å². The van der Waals surface area contributed by atoms with Crippen LogP contribution in [0.15, 0.2) is 30.4 Å². The summed E-state index contributed by atoms with van der Waals surface area (Å²) in [4.78, 5) is 71.3. The number of halogens is 1. The second kappa shape index (κ2) is 15.2. The van der Waals surface area contributed by atoms with E-state index in [1.165, 1.54) is 15.9 Å². The first-order chi connectivity index (χ1) is 25.4. The van der Waals surface area contributed by atoms with E-state index in [2.05, 4.69) is 15.4 Å². The van der Waals surface area contributed by atoms with Crippen LogP contribution in [0.25, 0.3) is 0 Å². The van der Waals surface area contributed by atoms with Crippen LogP contribution in [0.3, 0.4) is 0 Å². The van der Waals surface area contributed by atoms with Crippen LogP contribution in [0.2, 0.25) is 0 Å². The lowest BCUT2D eigenvalue weighted by atomic mass is 10.0. The molecule has 0 unspecified atom stereocenters. The largest absolute Gasteiger partial charge is 0.446 e. The molecular weight excluding hydrogens is 711 g/mol. The highest BCUT2D eigenvalue weighted by molar-refractivity contribution is 7.87. The second-order valence-corrected chi connectivity index (χ2v) is 16.7. The van der Waals surface area contributed by atoms with Gasteiger partial charge in [-0.15, -0.1) is 0 Å². The Morgan fingerprint density at radius 1 is 0.943 bits per heavy atom. The van der Waals surface area contributed by atoms with Crippen LogP contribution in [0.1, 0.15) is 88.2 Å². The van der Waals surface area contributed by atoms with Crippen LogP contribution in [0, 0.1) is 11.7 Å². The Balaban J connectivity index is 1.12. The van der Waals surface area contributed by atoms with Gasteiger partial charge in [0.1, 0.15) is 35.6 Å². The van der Waals surface area contributed by atoms with Gasteiger partial charge in [-0.05, 0) is 69.4 Å². The molecule has 4 aliphatic heterocycles. The fourth-order valence-electron chi connectivity index (χ4n) is 8.03. The lowest BCUT2D eigenvalue weighted by Crippen LogP contribution is -2.59. The molecule has 0 spiro atoms. The number of hydrogen-bond acceptors (Lipinski definition) is 9. The molecule has 2 saturated carbocycles. The van der Waals surface area contributed by atoms with Crippen molar-refractivity contribution in [3.05, 3.63) is 47.3 Å². The van der Waals surface area contributed by atoms with E-state index in [0.29, 0.717) is 30.4 Å². The number of nitrogens with zero attached hydrogens (tertiary/aromatic N) is 3. The molecule has 4 fully saturated rings. The van der Waals surface area contributed by atoms with Gasteiger partial charge in [0.2, 0.25) is 11.8 Å². The van der Waals surface area contributed by atoms with Crippen molar-refractivity contribution < 1.29 is 46.3 Å². The summed E-state index contributed by atoms with van der Waals surface area (Å²) in [7, 11) is -4.12. The molecule has 288 valence electrons. The number of nitrogens with one attached hydrogen (secondary N) is 3. The first-order valence-corrected chi connectivity index (χ1v) is 20.2. The van der Waals surface area contributed by atoms with Crippen LogP contribution in [0.4, 0.5) is 14.0 Å². The number of allylic oxidation sites excluding steroid dienone is 1. The van der Waals surface area contributed by atoms with E-state index >= 15 is 0 Å². The lowest BCUT2D eigenvalue weighted by Gasteiger charge is -2.31. The maximum absolute atomic E-state index is 14.4. The Labute approximate surface area is 308 Å². The van der Waals surface area contributed by atoms with E-state index in [1.54, 1.807) is 12.1 Å². The molecule has 15 nitrogen and oxygen atoms in total. The average Bonchev–Trinajstić information content (AvgIpc) is 3.51. The average molecular weight is 759 g/mol. The van der Waals surface area contributed by atoms with Gasteiger partial charge in [-0.3, -0.25) is 19.3 Å². The second-order valence-electron chi connectivity index (χ2n) is 15.0. The van der Waals surface area contributed by atoms with Crippen molar-refractivity contribution in [3.63, 3.8) is 0 Å². The van der Waals surface area contributed by atoms with Gasteiger partial charge in [0.25, 0.3) is 5.91 Å². The molecule has 3 N–H and O–H groups in total. The highest BCUT2D eigenvalue weighted by atomic mass is 32.2. The number of rotatable bonds is 6. The first-order valence-electron chi connectivity index (χ1n) is 18.7. The predicted octanol–water partition coefficient (Wildman–Crippen LogP) is 2.75. The zero-order chi connectivity index (χ0) is 37.3. The number of amides is 5. The molecule has 6 aliphatic rings. The first kappa shape index (κ1) is 37.1. The molecule has 53 heavy (non-hydrogen) atoms. The summed E-state index contributed by atoms with van der Waals surface area (Å²) in [6.07, 6.45) is 8.19. The summed E-state index contributed by atoms with van der Waals surface area (Å²) in [5.41, 5.74) is -0.533. The molecule has 7 rings (SSSR count). The molecule has 1 aromatic carbocycles. The van der Waals surface area contributed by atoms with Gasteiger partial charge in [-0.1, -0.05) is 37.1 Å². The van der Waals surface area contributed by atoms with Crippen molar-refractivity contribution >= 4 is 40.1 Å². The predicted molar refractivity (Wildman–Crippen MR) is 186 cm³/mol. The third kappa shape index (κ3) is 8.00. The molecule has 0 bridgehead atoms. The van der Waals surface area contributed by atoms with Crippen molar-refractivity contribution in [1.82, 2.24) is 29.5 Å². The number of fused-ring (bicyclic) bond motifs is 3. The minimum Gasteiger partial charge on any atom is -0.446 e. The van der Waals surface area contributed by atoms with Crippen molar-refractivity contribution in [3.8, 4) is 0 Å². The number of benzene rings is 1. The molecule has 0 aromatic heterocycles. The van der Waals surface area contributed by atoms with E-state index in [9.17, 15) is 36.8 Å². The minimum absolute atomic E-state index is 0.00208. The van der Waals surface area contributed by atoms with Gasteiger partial charge < -0.3 is 25.0 Å². The summed E-state index contributed by atoms with van der Waals surface area (Å²) >= 11 is 0. The Kier molecular flexibility index (Phi) is 10.7. The van der Waals surface area contributed by atoms with Crippen molar-refractivity contribution in [1.29, 1.82) is 0 Å². The highest BCUT2D eigenvalue weighted by Crippen LogP contribution is 2.46. The Morgan fingerprint density at radius 2 is 1.72 bits per heavy atom. The zero-order valence-electron chi connectivity index (χ0n) is 29.6. The molecule has 1 aromatic rings. The summed E-state index contributed by atoms with van der Waals surface area (Å²) in [6, 6.07) is 2.35. The van der Waals surface area contributed by atoms with Crippen molar-refractivity contribution in [2.24, 2.45) is 5.92 Å². The number of alkyl carbamates (subject to hydrolysis) is 1. The fraction of sp³-hybridized carbons (Fsp3) is 0.639. The van der Waals surface area contributed by atoms with Crippen LogP contribution >= 0.6 is 0 Å². The van der Waals surface area contributed by atoms with Gasteiger partial charge in [0, 0.05) is 37.5 Å². The highest BCUT2D eigenvalue weighted by Gasteiger charge is 2.62. The standard InChI is InChI=1S/C36H47FN6O9S/c37-28-14-8-10-23-20-41(22-27(23)28)35(48)52-26-18-30-31(44)39-36(33(46)40-53(49,50)42-16-9-17-42)19-24(36)11-4-2-1-3-5-15-29(32(45)43(30)21-26)38-34(47)51-25-12-6-7-13-25/h4,8,10-11,14,24-26,29-30H,1-3,5-7,9,12-13,15-22H2,(H,38,47)(H,39,44)(H,40,46)/t24-,26-,29+,30+,36-/m1/s1. The van der Waals surface area contributed by atoms with E-state index in [-0.39, 0.29) is 58.1 Å². The molecule has 2 saturated heterocycles. The number of ether oxygens (including phenoxy) is 2. The zero-order valence-corrected chi connectivity index (χ0v) is 30.4. The topological polar surface area (TPSA) is 184 Å². The van der Waals surface area contributed by atoms with Crippen LogP contribution < -0.4 is 15.4 Å². The Morgan fingerprint density at radius 3 is 2.45 bits per heavy atom. The third-order valence-electron chi connectivity index (χ3n) is 11.3. The van der Waals surface area contributed by atoms with Gasteiger partial charge in [0.15, 0.2) is 0 Å². The van der Waals surface area contributed by atoms with Gasteiger partial charge in [-0.25, -0.2) is 18.7 Å². The quantitative estimate of drug-likeness (QED) is 0.368. The molecule has 4 heterocycles. The third-order valence-corrected chi connectivity index (χ3v) is 12.8. The smallest absolute Gasteiger partial charge is 0.410 e. The van der Waals surface area contributed by atoms with Crippen molar-refractivity contribution in [2.45, 2.75) is 120 Å². The van der Waals surface area contributed by atoms with Gasteiger partial charge in [0.05, 0.1) is 13.1 Å². The number of carbonyl (C=O) groups excluding carboxylic acids is 5. The van der Waals surface area contributed by atoms with E-state index in [4.69, 9.17) is 9.47 Å². The summed E-state index contributed by atoms with van der Waals surface area (Å²) in [6.45, 7) is 0.521. The Hall–Kier alpha value is -4.25. The minimum atomic E-state index is -4.12. The molecule has 5 atom stereocenters. The van der Waals surface area contributed by atoms with Crippen molar-refractivity contribution in [2.75, 3.05) is 19.6 Å². The normalized spacial score (nSPS) is 29.5. The molecule has 2 aliphatic carbocycles. The maximum atomic E-state index is 14.4. The molecule has 0 radical (unpaired) electrons. The van der Waals surface area contributed by atoms with Crippen LogP contribution in [0.5, 0.6) is 0 Å². The molecular formula is C36H47FN6O9S. The van der Waals surface area contributed by atoms with Gasteiger partial charge >= 0.3 is 22.4 Å². The summed E-state index contributed by atoms with van der Waals surface area (Å²) in [5.74, 6) is -3.07. The fourth-order valence-corrected chi connectivity index (χ4v) is 9.31.